The number of nitrogens with zero attached hydrogens (tertiary/aromatic N) is 1. The van der Waals surface area contributed by atoms with Crippen molar-refractivity contribution in [2.75, 3.05) is 0 Å². The fourth-order valence-corrected chi connectivity index (χ4v) is 2.49. The predicted molar refractivity (Wildman–Crippen MR) is 85.7 cm³/mol. The summed E-state index contributed by atoms with van der Waals surface area (Å²) in [6, 6.07) is 10.7. The molecule has 1 N–H and O–H groups in total. The highest BCUT2D eigenvalue weighted by molar-refractivity contribution is 5.74. The zero-order chi connectivity index (χ0) is 15.7. The molecule has 0 aliphatic carbocycles. The van der Waals surface area contributed by atoms with Crippen LogP contribution < -0.4 is 4.74 Å². The Balaban J connectivity index is 1.83. The number of aromatic amines is 1. The Bertz CT molecular complexity index is 808. The molecule has 1 heterocycles. The third-order valence-corrected chi connectivity index (χ3v) is 3.65. The molecule has 0 fully saturated rings. The van der Waals surface area contributed by atoms with E-state index < -0.39 is 0 Å². The minimum Gasteiger partial charge on any atom is -0.485 e. The van der Waals surface area contributed by atoms with Crippen LogP contribution in [0.5, 0.6) is 5.75 Å². The van der Waals surface area contributed by atoms with Gasteiger partial charge in [0.1, 0.15) is 24.0 Å². The van der Waals surface area contributed by atoms with Crippen LogP contribution in [0.25, 0.3) is 11.0 Å². The maximum Gasteiger partial charge on any atom is 0.146 e. The van der Waals surface area contributed by atoms with E-state index in [0.717, 1.165) is 16.8 Å². The van der Waals surface area contributed by atoms with E-state index in [9.17, 15) is 4.39 Å². The number of nitrogens with one attached hydrogen (secondary N) is 1. The zero-order valence-electron chi connectivity index (χ0n) is 13.0. The number of halogens is 1. The van der Waals surface area contributed by atoms with E-state index in [-0.39, 0.29) is 5.82 Å². The first-order chi connectivity index (χ1) is 10.5. The molecule has 3 nitrogen and oxygen atoms in total. The molecular weight excluding hydrogens is 279 g/mol. The SMILES string of the molecule is Cc1ccc(C(C)C)c(OCc2nc3ccc(F)cc3[nH]2)c1. The number of hydrogen-bond donors (Lipinski definition) is 1. The molecule has 4 heteroatoms. The van der Waals surface area contributed by atoms with Crippen molar-refractivity contribution in [2.24, 2.45) is 0 Å². The predicted octanol–water partition coefficient (Wildman–Crippen LogP) is 4.71. The van der Waals surface area contributed by atoms with Crippen LogP contribution in [0.1, 0.15) is 36.7 Å². The van der Waals surface area contributed by atoms with Crippen LogP contribution in [-0.2, 0) is 6.61 Å². The Kier molecular flexibility index (Phi) is 3.84. The summed E-state index contributed by atoms with van der Waals surface area (Å²) in [5.74, 6) is 1.68. The molecule has 22 heavy (non-hydrogen) atoms. The van der Waals surface area contributed by atoms with E-state index in [0.29, 0.717) is 23.9 Å². The summed E-state index contributed by atoms with van der Waals surface area (Å²) >= 11 is 0. The van der Waals surface area contributed by atoms with Gasteiger partial charge >= 0.3 is 0 Å². The monoisotopic (exact) mass is 298 g/mol. The maximum absolute atomic E-state index is 13.2. The van der Waals surface area contributed by atoms with Gasteiger partial charge in [0, 0.05) is 0 Å². The number of aromatic nitrogens is 2. The largest absolute Gasteiger partial charge is 0.485 e. The standard InChI is InChI=1S/C18H19FN2O/c1-11(2)14-6-4-12(3)8-17(14)22-10-18-20-15-7-5-13(19)9-16(15)21-18/h4-9,11H,10H2,1-3H3,(H,20,21). The number of rotatable bonds is 4. The molecule has 0 aliphatic rings. The summed E-state index contributed by atoms with van der Waals surface area (Å²) in [6.45, 7) is 6.66. The van der Waals surface area contributed by atoms with E-state index in [1.54, 1.807) is 6.07 Å². The van der Waals surface area contributed by atoms with Gasteiger partial charge in [-0.15, -0.1) is 0 Å². The van der Waals surface area contributed by atoms with Gasteiger partial charge in [-0.05, 0) is 48.2 Å². The molecular formula is C18H19FN2O. The maximum atomic E-state index is 13.2. The number of benzene rings is 2. The van der Waals surface area contributed by atoms with Crippen molar-refractivity contribution in [3.05, 3.63) is 59.2 Å². The van der Waals surface area contributed by atoms with Crippen LogP contribution in [0.2, 0.25) is 0 Å². The van der Waals surface area contributed by atoms with Gasteiger partial charge in [0.05, 0.1) is 11.0 Å². The van der Waals surface area contributed by atoms with Crippen molar-refractivity contribution in [3.8, 4) is 5.75 Å². The van der Waals surface area contributed by atoms with E-state index in [1.165, 1.54) is 17.7 Å². The number of ether oxygens (including phenoxy) is 1. The lowest BCUT2D eigenvalue weighted by atomic mass is 10.0. The third-order valence-electron chi connectivity index (χ3n) is 3.65. The van der Waals surface area contributed by atoms with Gasteiger partial charge in [-0.2, -0.15) is 0 Å². The van der Waals surface area contributed by atoms with Crippen LogP contribution in [-0.4, -0.2) is 9.97 Å². The van der Waals surface area contributed by atoms with Crippen molar-refractivity contribution in [1.29, 1.82) is 0 Å². The Morgan fingerprint density at radius 2 is 2.00 bits per heavy atom. The molecule has 0 amide bonds. The normalized spacial score (nSPS) is 11.3. The number of H-pyrrole nitrogens is 1. The van der Waals surface area contributed by atoms with Crippen LogP contribution in [0.3, 0.4) is 0 Å². The summed E-state index contributed by atoms with van der Waals surface area (Å²) in [7, 11) is 0. The number of fused-ring (bicyclic) bond motifs is 1. The summed E-state index contributed by atoms with van der Waals surface area (Å²) in [4.78, 5) is 7.51. The first-order valence-corrected chi connectivity index (χ1v) is 7.40. The van der Waals surface area contributed by atoms with Crippen molar-refractivity contribution in [3.63, 3.8) is 0 Å². The average Bonchev–Trinajstić information content (AvgIpc) is 2.86. The topological polar surface area (TPSA) is 37.9 Å². The van der Waals surface area contributed by atoms with Crippen molar-refractivity contribution >= 4 is 11.0 Å². The molecule has 0 spiro atoms. The van der Waals surface area contributed by atoms with Gasteiger partial charge < -0.3 is 9.72 Å². The van der Waals surface area contributed by atoms with Crippen molar-refractivity contribution in [1.82, 2.24) is 9.97 Å². The summed E-state index contributed by atoms with van der Waals surface area (Å²) in [5, 5.41) is 0. The molecule has 0 bridgehead atoms. The fraction of sp³-hybridized carbons (Fsp3) is 0.278. The van der Waals surface area contributed by atoms with Crippen molar-refractivity contribution in [2.45, 2.75) is 33.3 Å². The lowest BCUT2D eigenvalue weighted by molar-refractivity contribution is 0.293. The van der Waals surface area contributed by atoms with Gasteiger partial charge in [0.25, 0.3) is 0 Å². The van der Waals surface area contributed by atoms with Crippen LogP contribution in [0.15, 0.2) is 36.4 Å². The number of imidazole rings is 1. The molecule has 114 valence electrons. The molecule has 0 aliphatic heterocycles. The molecule has 0 saturated carbocycles. The molecule has 2 aromatic carbocycles. The summed E-state index contributed by atoms with van der Waals surface area (Å²) < 4.78 is 19.1. The molecule has 1 aromatic heterocycles. The van der Waals surface area contributed by atoms with Gasteiger partial charge in [-0.1, -0.05) is 26.0 Å². The lowest BCUT2D eigenvalue weighted by Crippen LogP contribution is -2.01. The Morgan fingerprint density at radius 3 is 2.77 bits per heavy atom. The van der Waals surface area contributed by atoms with E-state index >= 15 is 0 Å². The van der Waals surface area contributed by atoms with E-state index in [2.05, 4.69) is 35.9 Å². The lowest BCUT2D eigenvalue weighted by Gasteiger charge is -2.14. The quantitative estimate of drug-likeness (QED) is 0.757. The zero-order valence-corrected chi connectivity index (χ0v) is 13.0. The fourth-order valence-electron chi connectivity index (χ4n) is 2.49. The van der Waals surface area contributed by atoms with Crippen LogP contribution >= 0.6 is 0 Å². The van der Waals surface area contributed by atoms with Gasteiger partial charge in [0.2, 0.25) is 0 Å². The average molecular weight is 298 g/mol. The van der Waals surface area contributed by atoms with Crippen molar-refractivity contribution < 1.29 is 9.13 Å². The van der Waals surface area contributed by atoms with Gasteiger partial charge in [-0.3, -0.25) is 0 Å². The summed E-state index contributed by atoms with van der Waals surface area (Å²) in [6.07, 6.45) is 0. The second kappa shape index (κ2) is 5.79. The smallest absolute Gasteiger partial charge is 0.146 e. The van der Waals surface area contributed by atoms with Gasteiger partial charge in [-0.25, -0.2) is 9.37 Å². The van der Waals surface area contributed by atoms with Gasteiger partial charge in [0.15, 0.2) is 0 Å². The molecule has 0 saturated heterocycles. The highest BCUT2D eigenvalue weighted by Gasteiger charge is 2.10. The first kappa shape index (κ1) is 14.6. The van der Waals surface area contributed by atoms with E-state index in [1.807, 2.05) is 13.0 Å². The molecule has 3 rings (SSSR count). The summed E-state index contributed by atoms with van der Waals surface area (Å²) in [5.41, 5.74) is 3.76. The Labute approximate surface area is 129 Å². The molecule has 0 atom stereocenters. The molecule has 0 unspecified atom stereocenters. The number of hydrogen-bond acceptors (Lipinski definition) is 2. The highest BCUT2D eigenvalue weighted by atomic mass is 19.1. The minimum atomic E-state index is -0.274. The second-order valence-corrected chi connectivity index (χ2v) is 5.83. The molecule has 3 aromatic rings. The van der Waals surface area contributed by atoms with Crippen LogP contribution in [0, 0.1) is 12.7 Å². The highest BCUT2D eigenvalue weighted by Crippen LogP contribution is 2.28. The second-order valence-electron chi connectivity index (χ2n) is 5.83. The first-order valence-electron chi connectivity index (χ1n) is 7.40. The Morgan fingerprint density at radius 1 is 1.18 bits per heavy atom. The third kappa shape index (κ3) is 2.96. The molecule has 0 radical (unpaired) electrons. The van der Waals surface area contributed by atoms with E-state index in [4.69, 9.17) is 4.74 Å². The van der Waals surface area contributed by atoms with Crippen LogP contribution in [0.4, 0.5) is 4.39 Å². The Hall–Kier alpha value is -2.36. The minimum absolute atomic E-state index is 0.274. The number of aryl methyl sites for hydroxylation is 1.